The molecule has 0 heterocycles. The first-order valence-corrected chi connectivity index (χ1v) is 6.92. The lowest BCUT2D eigenvalue weighted by Gasteiger charge is -2.17. The van der Waals surface area contributed by atoms with Crippen molar-refractivity contribution < 1.29 is 14.6 Å². The number of amides is 1. The van der Waals surface area contributed by atoms with Crippen molar-refractivity contribution in [2.24, 2.45) is 0 Å². The summed E-state index contributed by atoms with van der Waals surface area (Å²) in [5.74, 6) is 0.712. The van der Waals surface area contributed by atoms with E-state index in [0.717, 1.165) is 15.8 Å². The van der Waals surface area contributed by atoms with E-state index in [2.05, 4.69) is 21.2 Å². The van der Waals surface area contributed by atoms with Crippen LogP contribution >= 0.6 is 15.9 Å². The van der Waals surface area contributed by atoms with Gasteiger partial charge in [0.2, 0.25) is 5.91 Å². The third-order valence-electron chi connectivity index (χ3n) is 2.58. The summed E-state index contributed by atoms with van der Waals surface area (Å²) in [6.45, 7) is 3.58. The van der Waals surface area contributed by atoms with Crippen LogP contribution in [0.5, 0.6) is 5.75 Å². The van der Waals surface area contributed by atoms with Crippen molar-refractivity contribution in [3.8, 4) is 5.75 Å². The van der Waals surface area contributed by atoms with Gasteiger partial charge in [0, 0.05) is 13.0 Å². The molecule has 106 valence electrons. The number of carbonyl (C=O) groups is 1. The minimum absolute atomic E-state index is 0.0611. The molecule has 5 heteroatoms. The molecule has 0 atom stereocenters. The normalized spacial score (nSPS) is 11.2. The lowest BCUT2D eigenvalue weighted by molar-refractivity contribution is -0.122. The van der Waals surface area contributed by atoms with E-state index in [9.17, 15) is 9.90 Å². The fourth-order valence-corrected chi connectivity index (χ4v) is 2.11. The second kappa shape index (κ2) is 6.91. The fraction of sp³-hybridized carbons (Fsp3) is 0.500. The molecule has 0 aliphatic rings. The maximum absolute atomic E-state index is 11.6. The highest BCUT2D eigenvalue weighted by atomic mass is 79.9. The van der Waals surface area contributed by atoms with Crippen molar-refractivity contribution in [3.05, 3.63) is 28.2 Å². The van der Waals surface area contributed by atoms with E-state index >= 15 is 0 Å². The molecule has 0 unspecified atom stereocenters. The van der Waals surface area contributed by atoms with Crippen LogP contribution in [0.25, 0.3) is 0 Å². The Balaban J connectivity index is 2.44. The van der Waals surface area contributed by atoms with Gasteiger partial charge in [-0.15, -0.1) is 0 Å². The standard InChI is InChI=1S/C14H20BrNO3/c1-14(2,18)9-16-13(17)7-5-10-4-6-12(19-3)11(15)8-10/h4,6,8,18H,5,7,9H2,1-3H3,(H,16,17). The average Bonchev–Trinajstić information content (AvgIpc) is 2.33. The topological polar surface area (TPSA) is 58.6 Å². The first-order chi connectivity index (χ1) is 8.81. The van der Waals surface area contributed by atoms with Crippen LogP contribution in [0.1, 0.15) is 25.8 Å². The van der Waals surface area contributed by atoms with E-state index in [1.165, 1.54) is 0 Å². The molecule has 0 aromatic heterocycles. The fourth-order valence-electron chi connectivity index (χ4n) is 1.53. The summed E-state index contributed by atoms with van der Waals surface area (Å²) in [5.41, 5.74) is 0.185. The lowest BCUT2D eigenvalue weighted by atomic mass is 10.1. The highest BCUT2D eigenvalue weighted by molar-refractivity contribution is 9.10. The van der Waals surface area contributed by atoms with Crippen LogP contribution in [-0.4, -0.2) is 30.3 Å². The van der Waals surface area contributed by atoms with Gasteiger partial charge in [0.1, 0.15) is 5.75 Å². The van der Waals surface area contributed by atoms with Gasteiger partial charge in [-0.05, 0) is 53.9 Å². The second-order valence-electron chi connectivity index (χ2n) is 5.06. The summed E-state index contributed by atoms with van der Waals surface area (Å²) in [5, 5.41) is 12.2. The molecule has 0 bridgehead atoms. The largest absolute Gasteiger partial charge is 0.496 e. The van der Waals surface area contributed by atoms with Gasteiger partial charge >= 0.3 is 0 Å². The Morgan fingerprint density at radius 2 is 2.16 bits per heavy atom. The van der Waals surface area contributed by atoms with Crippen LogP contribution in [0.4, 0.5) is 0 Å². The summed E-state index contributed by atoms with van der Waals surface area (Å²) < 4.78 is 6.03. The Labute approximate surface area is 122 Å². The van der Waals surface area contributed by atoms with Crippen molar-refractivity contribution in [3.63, 3.8) is 0 Å². The number of hydrogen-bond donors (Lipinski definition) is 2. The molecule has 0 saturated heterocycles. The number of aryl methyl sites for hydroxylation is 1. The van der Waals surface area contributed by atoms with Crippen molar-refractivity contribution in [2.45, 2.75) is 32.3 Å². The molecule has 0 spiro atoms. The molecule has 4 nitrogen and oxygen atoms in total. The molecule has 0 fully saturated rings. The number of benzene rings is 1. The van der Waals surface area contributed by atoms with Crippen molar-refractivity contribution in [1.82, 2.24) is 5.32 Å². The van der Waals surface area contributed by atoms with Gasteiger partial charge in [-0.25, -0.2) is 0 Å². The number of nitrogens with one attached hydrogen (secondary N) is 1. The summed E-state index contributed by atoms with van der Waals surface area (Å²) in [6, 6.07) is 5.75. The molecule has 1 amide bonds. The molecule has 19 heavy (non-hydrogen) atoms. The Kier molecular flexibility index (Phi) is 5.82. The lowest BCUT2D eigenvalue weighted by Crippen LogP contribution is -2.38. The summed E-state index contributed by atoms with van der Waals surface area (Å²) in [4.78, 5) is 11.6. The Bertz CT molecular complexity index is 441. The van der Waals surface area contributed by atoms with E-state index in [0.29, 0.717) is 12.8 Å². The van der Waals surface area contributed by atoms with Gasteiger partial charge < -0.3 is 15.2 Å². The molecular weight excluding hydrogens is 310 g/mol. The monoisotopic (exact) mass is 329 g/mol. The van der Waals surface area contributed by atoms with E-state index in [1.54, 1.807) is 21.0 Å². The maximum Gasteiger partial charge on any atom is 0.220 e. The van der Waals surface area contributed by atoms with E-state index in [-0.39, 0.29) is 12.5 Å². The predicted molar refractivity (Wildman–Crippen MR) is 78.3 cm³/mol. The molecule has 0 aliphatic carbocycles. The zero-order valence-electron chi connectivity index (χ0n) is 11.5. The number of methoxy groups -OCH3 is 1. The summed E-state index contributed by atoms with van der Waals surface area (Å²) in [7, 11) is 1.61. The highest BCUT2D eigenvalue weighted by Crippen LogP contribution is 2.25. The number of ether oxygens (including phenoxy) is 1. The van der Waals surface area contributed by atoms with Crippen LogP contribution in [0.2, 0.25) is 0 Å². The Morgan fingerprint density at radius 3 is 2.68 bits per heavy atom. The number of aliphatic hydroxyl groups is 1. The zero-order valence-corrected chi connectivity index (χ0v) is 13.1. The molecule has 0 aliphatic heterocycles. The van der Waals surface area contributed by atoms with E-state index in [1.807, 2.05) is 18.2 Å². The predicted octanol–water partition coefficient (Wildman–Crippen LogP) is 2.28. The smallest absolute Gasteiger partial charge is 0.220 e. The van der Waals surface area contributed by atoms with Crippen LogP contribution in [0, 0.1) is 0 Å². The SMILES string of the molecule is COc1ccc(CCC(=O)NCC(C)(C)O)cc1Br. The van der Waals surface area contributed by atoms with E-state index < -0.39 is 5.60 Å². The number of halogens is 1. The van der Waals surface area contributed by atoms with Crippen molar-refractivity contribution in [2.75, 3.05) is 13.7 Å². The molecule has 1 rings (SSSR count). The maximum atomic E-state index is 11.6. The van der Waals surface area contributed by atoms with Gasteiger partial charge in [0.15, 0.2) is 0 Å². The summed E-state index contributed by atoms with van der Waals surface area (Å²) >= 11 is 3.41. The summed E-state index contributed by atoms with van der Waals surface area (Å²) in [6.07, 6.45) is 1.05. The molecular formula is C14H20BrNO3. The number of rotatable bonds is 6. The zero-order chi connectivity index (χ0) is 14.5. The highest BCUT2D eigenvalue weighted by Gasteiger charge is 2.13. The Hall–Kier alpha value is -1.07. The molecule has 1 aromatic carbocycles. The average molecular weight is 330 g/mol. The quantitative estimate of drug-likeness (QED) is 0.841. The van der Waals surface area contributed by atoms with Crippen LogP contribution in [-0.2, 0) is 11.2 Å². The minimum atomic E-state index is -0.876. The molecule has 0 radical (unpaired) electrons. The van der Waals surface area contributed by atoms with Crippen LogP contribution in [0.15, 0.2) is 22.7 Å². The Morgan fingerprint density at radius 1 is 1.47 bits per heavy atom. The van der Waals surface area contributed by atoms with Crippen LogP contribution in [0.3, 0.4) is 0 Å². The number of hydrogen-bond acceptors (Lipinski definition) is 3. The van der Waals surface area contributed by atoms with Gasteiger partial charge in [0.05, 0.1) is 17.2 Å². The van der Waals surface area contributed by atoms with Crippen molar-refractivity contribution in [1.29, 1.82) is 0 Å². The molecule has 0 saturated carbocycles. The molecule has 1 aromatic rings. The van der Waals surface area contributed by atoms with E-state index in [4.69, 9.17) is 4.74 Å². The van der Waals surface area contributed by atoms with Gasteiger partial charge in [-0.2, -0.15) is 0 Å². The third kappa shape index (κ3) is 6.07. The van der Waals surface area contributed by atoms with Gasteiger partial charge in [0.25, 0.3) is 0 Å². The first-order valence-electron chi connectivity index (χ1n) is 6.13. The van der Waals surface area contributed by atoms with Gasteiger partial charge in [-0.3, -0.25) is 4.79 Å². The van der Waals surface area contributed by atoms with Crippen molar-refractivity contribution >= 4 is 21.8 Å². The molecule has 2 N–H and O–H groups in total. The van der Waals surface area contributed by atoms with Crippen LogP contribution < -0.4 is 10.1 Å². The minimum Gasteiger partial charge on any atom is -0.496 e. The first kappa shape index (κ1) is 16.0. The third-order valence-corrected chi connectivity index (χ3v) is 3.19. The van der Waals surface area contributed by atoms with Gasteiger partial charge in [-0.1, -0.05) is 6.07 Å². The number of carbonyl (C=O) groups excluding carboxylic acids is 1. The second-order valence-corrected chi connectivity index (χ2v) is 5.91.